The molecule has 0 bridgehead atoms. The summed E-state index contributed by atoms with van der Waals surface area (Å²) >= 11 is 0. The van der Waals surface area contributed by atoms with Gasteiger partial charge in [0.15, 0.2) is 0 Å². The van der Waals surface area contributed by atoms with E-state index in [1.807, 2.05) is 24.3 Å². The molecule has 0 unspecified atom stereocenters. The second-order valence-corrected chi connectivity index (χ2v) is 6.31. The van der Waals surface area contributed by atoms with Crippen LogP contribution in [0.5, 0.6) is 5.75 Å². The van der Waals surface area contributed by atoms with Crippen LogP contribution in [0.4, 0.5) is 17.2 Å². The number of sulfonamides is 1. The molecule has 2 rings (SSSR count). The summed E-state index contributed by atoms with van der Waals surface area (Å²) in [5, 5.41) is 3.11. The molecule has 0 spiro atoms. The van der Waals surface area contributed by atoms with Crippen LogP contribution in [0.1, 0.15) is 6.92 Å². The van der Waals surface area contributed by atoms with Gasteiger partial charge in [-0.05, 0) is 31.2 Å². The summed E-state index contributed by atoms with van der Waals surface area (Å²) in [6, 6.07) is 10.8. The van der Waals surface area contributed by atoms with E-state index in [-0.39, 0.29) is 5.75 Å². The first-order valence-corrected chi connectivity index (χ1v) is 8.05. The number of methoxy groups -OCH3 is 1. The molecule has 0 radical (unpaired) electrons. The van der Waals surface area contributed by atoms with Gasteiger partial charge in [0.2, 0.25) is 10.0 Å². The molecular weight excluding hydrogens is 290 g/mol. The SMILES string of the molecule is CCS(=O)(=O)Nc1ccc(Nc2cccc(OC)c2)nc1. The number of anilines is 3. The summed E-state index contributed by atoms with van der Waals surface area (Å²) in [5.41, 5.74) is 1.27. The van der Waals surface area contributed by atoms with Gasteiger partial charge < -0.3 is 10.1 Å². The van der Waals surface area contributed by atoms with Gasteiger partial charge in [-0.2, -0.15) is 0 Å². The zero-order valence-corrected chi connectivity index (χ0v) is 12.6. The largest absolute Gasteiger partial charge is 0.497 e. The number of nitrogens with zero attached hydrogens (tertiary/aromatic N) is 1. The van der Waals surface area contributed by atoms with E-state index in [0.29, 0.717) is 11.5 Å². The fourth-order valence-corrected chi connectivity index (χ4v) is 2.25. The lowest BCUT2D eigenvalue weighted by molar-refractivity contribution is 0.415. The Morgan fingerprint density at radius 1 is 1.19 bits per heavy atom. The van der Waals surface area contributed by atoms with Gasteiger partial charge in [0.05, 0.1) is 24.7 Å². The van der Waals surface area contributed by atoms with E-state index in [4.69, 9.17) is 4.74 Å². The van der Waals surface area contributed by atoms with Crippen LogP contribution in [-0.2, 0) is 10.0 Å². The maximum absolute atomic E-state index is 11.4. The Kier molecular flexibility index (Phi) is 4.64. The van der Waals surface area contributed by atoms with Crippen molar-refractivity contribution in [1.82, 2.24) is 4.98 Å². The minimum atomic E-state index is -3.28. The van der Waals surface area contributed by atoms with Crippen molar-refractivity contribution in [3.8, 4) is 5.75 Å². The van der Waals surface area contributed by atoms with Gasteiger partial charge in [0.25, 0.3) is 0 Å². The lowest BCUT2D eigenvalue weighted by Gasteiger charge is -2.09. The zero-order chi connectivity index (χ0) is 15.3. The van der Waals surface area contributed by atoms with Crippen LogP contribution >= 0.6 is 0 Å². The van der Waals surface area contributed by atoms with Gasteiger partial charge in [-0.25, -0.2) is 13.4 Å². The summed E-state index contributed by atoms with van der Waals surface area (Å²) in [5.74, 6) is 1.38. The Morgan fingerprint density at radius 2 is 2.00 bits per heavy atom. The molecule has 0 amide bonds. The highest BCUT2D eigenvalue weighted by Crippen LogP contribution is 2.21. The first kappa shape index (κ1) is 15.1. The Hall–Kier alpha value is -2.28. The van der Waals surface area contributed by atoms with E-state index in [0.717, 1.165) is 11.4 Å². The van der Waals surface area contributed by atoms with E-state index in [9.17, 15) is 8.42 Å². The number of hydrogen-bond acceptors (Lipinski definition) is 5. The fourth-order valence-electron chi connectivity index (χ4n) is 1.63. The molecule has 2 N–H and O–H groups in total. The Balaban J connectivity index is 2.08. The van der Waals surface area contributed by atoms with E-state index in [1.165, 1.54) is 6.20 Å². The van der Waals surface area contributed by atoms with Crippen LogP contribution in [0.3, 0.4) is 0 Å². The molecule has 7 heteroatoms. The molecule has 0 aliphatic carbocycles. The van der Waals surface area contributed by atoms with Crippen molar-refractivity contribution in [3.63, 3.8) is 0 Å². The van der Waals surface area contributed by atoms with E-state index >= 15 is 0 Å². The number of nitrogens with one attached hydrogen (secondary N) is 2. The smallest absolute Gasteiger partial charge is 0.232 e. The number of aromatic nitrogens is 1. The molecule has 0 aliphatic rings. The van der Waals surface area contributed by atoms with Crippen molar-refractivity contribution in [3.05, 3.63) is 42.6 Å². The molecule has 2 aromatic rings. The molecule has 6 nitrogen and oxygen atoms in total. The zero-order valence-electron chi connectivity index (χ0n) is 11.8. The summed E-state index contributed by atoms with van der Waals surface area (Å²) in [6.45, 7) is 1.58. The first-order valence-electron chi connectivity index (χ1n) is 6.40. The van der Waals surface area contributed by atoms with Crippen molar-refractivity contribution in [1.29, 1.82) is 0 Å². The molecule has 1 aromatic carbocycles. The third-order valence-corrected chi connectivity index (χ3v) is 4.07. The molecule has 0 atom stereocenters. The second-order valence-electron chi connectivity index (χ2n) is 4.29. The molecule has 1 heterocycles. The molecular formula is C14H17N3O3S. The van der Waals surface area contributed by atoms with Crippen LogP contribution in [-0.4, -0.2) is 26.3 Å². The summed E-state index contributed by atoms with van der Waals surface area (Å²) in [4.78, 5) is 4.17. The molecule has 21 heavy (non-hydrogen) atoms. The predicted octanol–water partition coefficient (Wildman–Crippen LogP) is 2.60. The van der Waals surface area contributed by atoms with Crippen LogP contribution in [0, 0.1) is 0 Å². The molecule has 0 saturated heterocycles. The third kappa shape index (κ3) is 4.35. The number of rotatable bonds is 6. The lowest BCUT2D eigenvalue weighted by Crippen LogP contribution is -2.14. The van der Waals surface area contributed by atoms with Crippen molar-refractivity contribution in [2.24, 2.45) is 0 Å². The molecule has 0 saturated carbocycles. The number of ether oxygens (including phenoxy) is 1. The number of hydrogen-bond donors (Lipinski definition) is 2. The highest BCUT2D eigenvalue weighted by Gasteiger charge is 2.06. The van der Waals surface area contributed by atoms with Crippen LogP contribution < -0.4 is 14.8 Å². The fraction of sp³-hybridized carbons (Fsp3) is 0.214. The standard InChI is InChI=1S/C14H17N3O3S/c1-3-21(18,19)17-12-7-8-14(15-10-12)16-11-5-4-6-13(9-11)20-2/h4-10,17H,3H2,1-2H3,(H,15,16). The van der Waals surface area contributed by atoms with E-state index in [1.54, 1.807) is 26.2 Å². The molecule has 0 aliphatic heterocycles. The quantitative estimate of drug-likeness (QED) is 0.857. The first-order chi connectivity index (χ1) is 10.0. The molecule has 0 fully saturated rings. The van der Waals surface area contributed by atoms with Gasteiger partial charge >= 0.3 is 0 Å². The molecule has 112 valence electrons. The normalized spacial score (nSPS) is 11.0. The van der Waals surface area contributed by atoms with E-state index < -0.39 is 10.0 Å². The van der Waals surface area contributed by atoms with Crippen LogP contribution in [0.15, 0.2) is 42.6 Å². The summed E-state index contributed by atoms with van der Waals surface area (Å²) in [7, 11) is -1.68. The van der Waals surface area contributed by atoms with Crippen molar-refractivity contribution in [2.75, 3.05) is 22.9 Å². The Bertz CT molecular complexity index is 700. The average Bonchev–Trinajstić information content (AvgIpc) is 2.49. The summed E-state index contributed by atoms with van der Waals surface area (Å²) in [6.07, 6.45) is 1.47. The predicted molar refractivity (Wildman–Crippen MR) is 83.6 cm³/mol. The molecule has 1 aromatic heterocycles. The van der Waals surface area contributed by atoms with Gasteiger partial charge in [-0.3, -0.25) is 4.72 Å². The lowest BCUT2D eigenvalue weighted by atomic mass is 10.3. The summed E-state index contributed by atoms with van der Waals surface area (Å²) < 4.78 is 30.5. The van der Waals surface area contributed by atoms with E-state index in [2.05, 4.69) is 15.0 Å². The van der Waals surface area contributed by atoms with Gasteiger partial charge in [-0.1, -0.05) is 6.07 Å². The maximum atomic E-state index is 11.4. The minimum Gasteiger partial charge on any atom is -0.497 e. The monoisotopic (exact) mass is 307 g/mol. The van der Waals surface area contributed by atoms with Crippen molar-refractivity contribution < 1.29 is 13.2 Å². The Labute approximate surface area is 124 Å². The van der Waals surface area contributed by atoms with Gasteiger partial charge in [0, 0.05) is 11.8 Å². The van der Waals surface area contributed by atoms with Crippen molar-refractivity contribution in [2.45, 2.75) is 6.92 Å². The third-order valence-electron chi connectivity index (χ3n) is 2.76. The van der Waals surface area contributed by atoms with Gasteiger partial charge in [-0.15, -0.1) is 0 Å². The second kappa shape index (κ2) is 6.45. The highest BCUT2D eigenvalue weighted by atomic mass is 32.2. The minimum absolute atomic E-state index is 0.0246. The Morgan fingerprint density at radius 3 is 2.62 bits per heavy atom. The number of pyridine rings is 1. The van der Waals surface area contributed by atoms with Crippen LogP contribution in [0.25, 0.3) is 0 Å². The number of benzene rings is 1. The topological polar surface area (TPSA) is 80.3 Å². The van der Waals surface area contributed by atoms with Crippen LogP contribution in [0.2, 0.25) is 0 Å². The van der Waals surface area contributed by atoms with Crippen molar-refractivity contribution >= 4 is 27.2 Å². The average molecular weight is 307 g/mol. The van der Waals surface area contributed by atoms with Gasteiger partial charge in [0.1, 0.15) is 11.6 Å². The maximum Gasteiger partial charge on any atom is 0.232 e. The highest BCUT2D eigenvalue weighted by molar-refractivity contribution is 7.92.